The molecule has 0 radical (unpaired) electrons. The number of aromatic nitrogens is 2. The maximum atomic E-state index is 12.1. The Morgan fingerprint density at radius 1 is 1.71 bits per heavy atom. The zero-order valence-corrected chi connectivity index (χ0v) is 10.1. The number of rotatable bonds is 2. The first-order valence-electron chi connectivity index (χ1n) is 5.15. The first kappa shape index (κ1) is 12.2. The Balaban J connectivity index is 2.12. The predicted molar refractivity (Wildman–Crippen MR) is 62.6 cm³/mol. The van der Waals surface area contributed by atoms with Gasteiger partial charge in [0.1, 0.15) is 17.3 Å². The third kappa shape index (κ3) is 2.38. The van der Waals surface area contributed by atoms with E-state index in [2.05, 4.69) is 15.3 Å². The molecule has 1 fully saturated rings. The quantitative estimate of drug-likeness (QED) is 0.749. The monoisotopic (exact) mass is 256 g/mol. The van der Waals surface area contributed by atoms with E-state index in [1.165, 1.54) is 12.4 Å². The number of anilines is 1. The highest BCUT2D eigenvalue weighted by atomic mass is 35.5. The SMILES string of the molecule is CC1(C(=O)Nc2cc(Cl)ncn2)COCC1N. The van der Waals surface area contributed by atoms with Crippen LogP contribution in [0.15, 0.2) is 12.4 Å². The van der Waals surface area contributed by atoms with Crippen LogP contribution in [0.5, 0.6) is 0 Å². The van der Waals surface area contributed by atoms with Gasteiger partial charge in [0.2, 0.25) is 5.91 Å². The van der Waals surface area contributed by atoms with Gasteiger partial charge >= 0.3 is 0 Å². The van der Waals surface area contributed by atoms with Crippen LogP contribution >= 0.6 is 11.6 Å². The summed E-state index contributed by atoms with van der Waals surface area (Å²) in [5.74, 6) is 0.132. The lowest BCUT2D eigenvalue weighted by molar-refractivity contribution is -0.125. The topological polar surface area (TPSA) is 90.1 Å². The van der Waals surface area contributed by atoms with Crippen LogP contribution in [-0.2, 0) is 9.53 Å². The smallest absolute Gasteiger partial charge is 0.235 e. The second-order valence-electron chi connectivity index (χ2n) is 4.22. The molecule has 3 N–H and O–H groups in total. The zero-order valence-electron chi connectivity index (χ0n) is 9.31. The van der Waals surface area contributed by atoms with Crippen molar-refractivity contribution in [1.29, 1.82) is 0 Å². The number of hydrogen-bond donors (Lipinski definition) is 2. The van der Waals surface area contributed by atoms with Gasteiger partial charge in [-0.2, -0.15) is 0 Å². The lowest BCUT2D eigenvalue weighted by atomic mass is 9.85. The van der Waals surface area contributed by atoms with E-state index in [9.17, 15) is 4.79 Å². The van der Waals surface area contributed by atoms with Gasteiger partial charge in [-0.05, 0) is 6.92 Å². The summed E-state index contributed by atoms with van der Waals surface area (Å²) in [4.78, 5) is 19.7. The number of nitrogens with two attached hydrogens (primary N) is 1. The third-order valence-electron chi connectivity index (χ3n) is 2.91. The molecule has 0 spiro atoms. The van der Waals surface area contributed by atoms with Gasteiger partial charge < -0.3 is 15.8 Å². The fourth-order valence-electron chi connectivity index (χ4n) is 1.58. The summed E-state index contributed by atoms with van der Waals surface area (Å²) in [6.45, 7) is 2.45. The summed E-state index contributed by atoms with van der Waals surface area (Å²) in [5, 5.41) is 2.93. The highest BCUT2D eigenvalue weighted by Crippen LogP contribution is 2.28. The number of nitrogens with zero attached hydrogens (tertiary/aromatic N) is 2. The van der Waals surface area contributed by atoms with E-state index < -0.39 is 5.41 Å². The molecule has 7 heteroatoms. The van der Waals surface area contributed by atoms with Crippen molar-refractivity contribution in [1.82, 2.24) is 9.97 Å². The van der Waals surface area contributed by atoms with E-state index in [1.807, 2.05) is 0 Å². The molecule has 0 bridgehead atoms. The number of ether oxygens (including phenoxy) is 1. The summed E-state index contributed by atoms with van der Waals surface area (Å²) in [6, 6.07) is 1.16. The van der Waals surface area contributed by atoms with Crippen LogP contribution in [0, 0.1) is 5.41 Å². The van der Waals surface area contributed by atoms with Gasteiger partial charge in [-0.25, -0.2) is 9.97 Å². The standard InChI is InChI=1S/C10H13ClN4O2/c1-10(4-17-3-6(10)12)9(16)15-8-2-7(11)13-5-14-8/h2,5-6H,3-4,12H2,1H3,(H,13,14,15,16). The van der Waals surface area contributed by atoms with Crippen molar-refractivity contribution in [2.24, 2.45) is 11.1 Å². The molecular formula is C10H13ClN4O2. The van der Waals surface area contributed by atoms with Crippen LogP contribution in [0.4, 0.5) is 5.82 Å². The van der Waals surface area contributed by atoms with Gasteiger partial charge in [0.25, 0.3) is 0 Å². The maximum absolute atomic E-state index is 12.1. The highest BCUT2D eigenvalue weighted by Gasteiger charge is 2.44. The average molecular weight is 257 g/mol. The van der Waals surface area contributed by atoms with E-state index in [-0.39, 0.29) is 17.1 Å². The van der Waals surface area contributed by atoms with Crippen LogP contribution < -0.4 is 11.1 Å². The molecule has 0 aromatic carbocycles. The Hall–Kier alpha value is -1.24. The van der Waals surface area contributed by atoms with Gasteiger partial charge in [-0.3, -0.25) is 4.79 Å². The number of nitrogens with one attached hydrogen (secondary N) is 1. The third-order valence-corrected chi connectivity index (χ3v) is 3.12. The van der Waals surface area contributed by atoms with Crippen molar-refractivity contribution in [3.63, 3.8) is 0 Å². The molecule has 1 saturated heterocycles. The molecule has 0 aliphatic carbocycles. The number of carbonyl (C=O) groups is 1. The fourth-order valence-corrected chi connectivity index (χ4v) is 1.73. The van der Waals surface area contributed by atoms with Crippen molar-refractivity contribution in [2.75, 3.05) is 18.5 Å². The van der Waals surface area contributed by atoms with E-state index in [4.69, 9.17) is 22.1 Å². The normalized spacial score (nSPS) is 28.1. The summed E-state index contributed by atoms with van der Waals surface area (Å²) in [5.41, 5.74) is 5.11. The molecule has 17 heavy (non-hydrogen) atoms. The largest absolute Gasteiger partial charge is 0.379 e. The van der Waals surface area contributed by atoms with Crippen LogP contribution in [0.2, 0.25) is 5.15 Å². The second kappa shape index (κ2) is 4.56. The molecular weight excluding hydrogens is 244 g/mol. The lowest BCUT2D eigenvalue weighted by Gasteiger charge is -2.24. The Morgan fingerprint density at radius 2 is 2.47 bits per heavy atom. The van der Waals surface area contributed by atoms with Gasteiger partial charge in [0.15, 0.2) is 0 Å². The van der Waals surface area contributed by atoms with Gasteiger partial charge in [0, 0.05) is 12.1 Å². The summed E-state index contributed by atoms with van der Waals surface area (Å²) < 4.78 is 5.21. The molecule has 1 aromatic heterocycles. The molecule has 1 aliphatic heterocycles. The van der Waals surface area contributed by atoms with Crippen LogP contribution in [-0.4, -0.2) is 35.1 Å². The molecule has 2 heterocycles. The molecule has 1 amide bonds. The zero-order chi connectivity index (χ0) is 12.5. The predicted octanol–water partition coefficient (Wildman–Crippen LogP) is 0.432. The van der Waals surface area contributed by atoms with E-state index in [0.717, 1.165) is 0 Å². The van der Waals surface area contributed by atoms with E-state index in [0.29, 0.717) is 19.0 Å². The molecule has 2 rings (SSSR count). The van der Waals surface area contributed by atoms with Crippen molar-refractivity contribution in [3.8, 4) is 0 Å². The number of amides is 1. The maximum Gasteiger partial charge on any atom is 0.235 e. The summed E-state index contributed by atoms with van der Waals surface area (Å²) in [7, 11) is 0. The molecule has 1 aromatic rings. The summed E-state index contributed by atoms with van der Waals surface area (Å²) >= 11 is 5.70. The molecule has 6 nitrogen and oxygen atoms in total. The van der Waals surface area contributed by atoms with Crippen molar-refractivity contribution in [3.05, 3.63) is 17.5 Å². The van der Waals surface area contributed by atoms with Gasteiger partial charge in [-0.1, -0.05) is 11.6 Å². The fraction of sp³-hybridized carbons (Fsp3) is 0.500. The van der Waals surface area contributed by atoms with E-state index in [1.54, 1.807) is 6.92 Å². The summed E-state index contributed by atoms with van der Waals surface area (Å²) in [6.07, 6.45) is 1.28. The van der Waals surface area contributed by atoms with E-state index >= 15 is 0 Å². The molecule has 2 unspecified atom stereocenters. The molecule has 0 saturated carbocycles. The minimum Gasteiger partial charge on any atom is -0.379 e. The minimum absolute atomic E-state index is 0.225. The second-order valence-corrected chi connectivity index (χ2v) is 4.61. The van der Waals surface area contributed by atoms with Gasteiger partial charge in [0.05, 0.1) is 18.6 Å². The van der Waals surface area contributed by atoms with Crippen molar-refractivity contribution >= 4 is 23.3 Å². The molecule has 2 atom stereocenters. The Kier molecular flexibility index (Phi) is 3.28. The van der Waals surface area contributed by atoms with Crippen LogP contribution in [0.1, 0.15) is 6.92 Å². The molecule has 1 aliphatic rings. The minimum atomic E-state index is -0.739. The van der Waals surface area contributed by atoms with Crippen molar-refractivity contribution in [2.45, 2.75) is 13.0 Å². The molecule has 92 valence electrons. The highest BCUT2D eigenvalue weighted by molar-refractivity contribution is 6.29. The lowest BCUT2D eigenvalue weighted by Crippen LogP contribution is -2.47. The number of hydrogen-bond acceptors (Lipinski definition) is 5. The average Bonchev–Trinajstić information content (AvgIpc) is 2.60. The van der Waals surface area contributed by atoms with Crippen LogP contribution in [0.25, 0.3) is 0 Å². The van der Waals surface area contributed by atoms with Gasteiger partial charge in [-0.15, -0.1) is 0 Å². The number of halogens is 1. The van der Waals surface area contributed by atoms with Crippen LogP contribution in [0.3, 0.4) is 0 Å². The number of carbonyl (C=O) groups excluding carboxylic acids is 1. The first-order chi connectivity index (χ1) is 8.02. The van der Waals surface area contributed by atoms with Crippen molar-refractivity contribution < 1.29 is 9.53 Å². The first-order valence-corrected chi connectivity index (χ1v) is 5.52. The Labute approximate surface area is 104 Å². The Bertz CT molecular complexity index is 442. The Morgan fingerprint density at radius 3 is 3.06 bits per heavy atom.